The Hall–Kier alpha value is -1.35. The molecule has 0 saturated carbocycles. The fourth-order valence-corrected chi connectivity index (χ4v) is 2.89. The van der Waals surface area contributed by atoms with Gasteiger partial charge in [0.25, 0.3) is 0 Å². The molecule has 1 aromatic rings. The van der Waals surface area contributed by atoms with E-state index in [1.807, 2.05) is 11.4 Å². The lowest BCUT2D eigenvalue weighted by atomic mass is 10.1. The molecule has 1 aliphatic rings. The first-order chi connectivity index (χ1) is 9.78. The van der Waals surface area contributed by atoms with Crippen LogP contribution in [-0.4, -0.2) is 25.2 Å². The number of nitrogens with two attached hydrogens (primary N) is 1. The molecule has 2 rings (SSSR count). The zero-order valence-electron chi connectivity index (χ0n) is 11.5. The average molecular weight is 292 g/mol. The molecule has 20 heavy (non-hydrogen) atoms. The zero-order valence-corrected chi connectivity index (χ0v) is 12.3. The lowest BCUT2D eigenvalue weighted by Gasteiger charge is -2.08. The molecule has 4 nitrogen and oxygen atoms in total. The van der Waals surface area contributed by atoms with Gasteiger partial charge in [-0.25, -0.2) is 0 Å². The minimum Gasteiger partial charge on any atom is -0.378 e. The number of ether oxygens (including phenoxy) is 1. The van der Waals surface area contributed by atoms with Crippen LogP contribution in [0.25, 0.3) is 0 Å². The van der Waals surface area contributed by atoms with E-state index in [-0.39, 0.29) is 12.0 Å². The summed E-state index contributed by atoms with van der Waals surface area (Å²) in [5.41, 5.74) is 6.29. The van der Waals surface area contributed by atoms with Crippen LogP contribution in [-0.2, 0) is 16.1 Å². The molecule has 1 aromatic heterocycles. The summed E-state index contributed by atoms with van der Waals surface area (Å²) in [5.74, 6) is 5.88. The molecule has 0 radical (unpaired) electrons. The van der Waals surface area contributed by atoms with Crippen LogP contribution in [0.4, 0.5) is 0 Å². The molecule has 1 atom stereocenters. The van der Waals surface area contributed by atoms with E-state index in [0.29, 0.717) is 19.5 Å². The van der Waals surface area contributed by atoms with Gasteiger partial charge in [0, 0.05) is 28.8 Å². The Morgan fingerprint density at radius 2 is 2.50 bits per heavy atom. The Morgan fingerprint density at radius 3 is 3.25 bits per heavy atom. The highest BCUT2D eigenvalue weighted by Crippen LogP contribution is 2.17. The number of amides is 1. The van der Waals surface area contributed by atoms with Crippen molar-refractivity contribution in [3.63, 3.8) is 0 Å². The van der Waals surface area contributed by atoms with Crippen LogP contribution in [0.2, 0.25) is 0 Å². The monoisotopic (exact) mass is 292 g/mol. The molecule has 5 heteroatoms. The molecule has 3 N–H and O–H groups in total. The number of carbonyl (C=O) groups excluding carboxylic acids is 1. The lowest BCUT2D eigenvalue weighted by Crippen LogP contribution is -2.23. The largest absolute Gasteiger partial charge is 0.378 e. The molecule has 0 aliphatic carbocycles. The summed E-state index contributed by atoms with van der Waals surface area (Å²) in [7, 11) is 0. The van der Waals surface area contributed by atoms with E-state index in [0.717, 1.165) is 36.3 Å². The summed E-state index contributed by atoms with van der Waals surface area (Å²) in [4.78, 5) is 12.9. The first-order valence-electron chi connectivity index (χ1n) is 6.92. The van der Waals surface area contributed by atoms with Gasteiger partial charge in [-0.05, 0) is 25.3 Å². The van der Waals surface area contributed by atoms with Crippen LogP contribution in [0.1, 0.15) is 36.1 Å². The molecular formula is C15H20N2O2S. The average Bonchev–Trinajstić information content (AvgIpc) is 3.12. The van der Waals surface area contributed by atoms with E-state index in [2.05, 4.69) is 17.2 Å². The third kappa shape index (κ3) is 4.97. The van der Waals surface area contributed by atoms with Crippen LogP contribution >= 0.6 is 11.3 Å². The minimum absolute atomic E-state index is 0.0866. The Balaban J connectivity index is 1.68. The molecular weight excluding hydrogens is 272 g/mol. The minimum atomic E-state index is 0.0866. The van der Waals surface area contributed by atoms with Crippen molar-refractivity contribution in [2.45, 2.75) is 38.3 Å². The number of hydrogen-bond acceptors (Lipinski definition) is 4. The summed E-state index contributed by atoms with van der Waals surface area (Å²) in [6.45, 7) is 1.78. The molecule has 0 aromatic carbocycles. The second-order valence-corrected chi connectivity index (χ2v) is 5.75. The van der Waals surface area contributed by atoms with Gasteiger partial charge in [0.15, 0.2) is 0 Å². The highest BCUT2D eigenvalue weighted by atomic mass is 32.1. The van der Waals surface area contributed by atoms with Crippen LogP contribution in [0.5, 0.6) is 0 Å². The van der Waals surface area contributed by atoms with Gasteiger partial charge in [0.1, 0.15) is 0 Å². The van der Waals surface area contributed by atoms with Gasteiger partial charge in [-0.3, -0.25) is 4.79 Å². The second-order valence-electron chi connectivity index (χ2n) is 4.76. The van der Waals surface area contributed by atoms with E-state index in [1.54, 1.807) is 11.3 Å². The van der Waals surface area contributed by atoms with Gasteiger partial charge in [-0.2, -0.15) is 0 Å². The lowest BCUT2D eigenvalue weighted by molar-refractivity contribution is -0.121. The van der Waals surface area contributed by atoms with E-state index in [4.69, 9.17) is 10.5 Å². The third-order valence-electron chi connectivity index (χ3n) is 3.17. The van der Waals surface area contributed by atoms with Gasteiger partial charge in [0.05, 0.1) is 19.2 Å². The number of hydrogen-bond donors (Lipinski definition) is 2. The van der Waals surface area contributed by atoms with Gasteiger partial charge in [0.2, 0.25) is 5.91 Å². The second kappa shape index (κ2) is 8.05. The summed E-state index contributed by atoms with van der Waals surface area (Å²) >= 11 is 1.60. The highest BCUT2D eigenvalue weighted by molar-refractivity contribution is 7.10. The van der Waals surface area contributed by atoms with Crippen molar-refractivity contribution in [2.75, 3.05) is 13.2 Å². The van der Waals surface area contributed by atoms with Crippen molar-refractivity contribution >= 4 is 17.2 Å². The Bertz CT molecular complexity index is 495. The van der Waals surface area contributed by atoms with Crippen LogP contribution in [0.3, 0.4) is 0 Å². The third-order valence-corrected chi connectivity index (χ3v) is 4.10. The van der Waals surface area contributed by atoms with Crippen molar-refractivity contribution in [3.8, 4) is 11.8 Å². The predicted octanol–water partition coefficient (Wildman–Crippen LogP) is 1.63. The summed E-state index contributed by atoms with van der Waals surface area (Å²) < 4.78 is 5.50. The van der Waals surface area contributed by atoms with E-state index in [1.165, 1.54) is 0 Å². The number of nitrogens with one attached hydrogen (secondary N) is 1. The normalized spacial score (nSPS) is 17.6. The predicted molar refractivity (Wildman–Crippen MR) is 80.3 cm³/mol. The topological polar surface area (TPSA) is 64.3 Å². The van der Waals surface area contributed by atoms with Gasteiger partial charge in [-0.1, -0.05) is 11.8 Å². The van der Waals surface area contributed by atoms with Crippen molar-refractivity contribution < 1.29 is 9.53 Å². The van der Waals surface area contributed by atoms with E-state index < -0.39 is 0 Å². The fourth-order valence-electron chi connectivity index (χ4n) is 2.13. The molecule has 0 spiro atoms. The molecule has 1 unspecified atom stereocenters. The Labute approximate surface area is 123 Å². The summed E-state index contributed by atoms with van der Waals surface area (Å²) in [5, 5.41) is 4.92. The maximum Gasteiger partial charge on any atom is 0.220 e. The van der Waals surface area contributed by atoms with Crippen LogP contribution in [0.15, 0.2) is 11.4 Å². The van der Waals surface area contributed by atoms with E-state index in [9.17, 15) is 4.79 Å². The molecule has 1 amide bonds. The van der Waals surface area contributed by atoms with Crippen molar-refractivity contribution in [2.24, 2.45) is 5.73 Å². The zero-order chi connectivity index (χ0) is 14.2. The molecule has 2 heterocycles. The van der Waals surface area contributed by atoms with Gasteiger partial charge >= 0.3 is 0 Å². The quantitative estimate of drug-likeness (QED) is 0.811. The smallest absolute Gasteiger partial charge is 0.220 e. The molecule has 0 bridgehead atoms. The van der Waals surface area contributed by atoms with Gasteiger partial charge in [-0.15, -0.1) is 11.3 Å². The van der Waals surface area contributed by atoms with Crippen LogP contribution in [0, 0.1) is 11.8 Å². The highest BCUT2D eigenvalue weighted by Gasteiger charge is 2.16. The maximum absolute atomic E-state index is 11.7. The first kappa shape index (κ1) is 15.0. The number of thiophene rings is 1. The SMILES string of the molecule is NCC#Cc1csc(CNC(=O)CCC2CCCO2)c1. The first-order valence-corrected chi connectivity index (χ1v) is 7.80. The van der Waals surface area contributed by atoms with Crippen molar-refractivity contribution in [1.82, 2.24) is 5.32 Å². The number of rotatable bonds is 5. The summed E-state index contributed by atoms with van der Waals surface area (Å²) in [6, 6.07) is 1.99. The fraction of sp³-hybridized carbons (Fsp3) is 0.533. The molecule has 108 valence electrons. The Morgan fingerprint density at radius 1 is 1.60 bits per heavy atom. The standard InChI is InChI=1S/C15H20N2O2S/c16-7-1-3-12-9-14(20-11-12)10-17-15(18)6-5-13-4-2-8-19-13/h9,11,13H,2,4-8,10,16H2,(H,17,18). The molecule has 1 saturated heterocycles. The van der Waals surface area contributed by atoms with Crippen molar-refractivity contribution in [3.05, 3.63) is 21.9 Å². The Kier molecular flexibility index (Phi) is 6.06. The van der Waals surface area contributed by atoms with Gasteiger partial charge < -0.3 is 15.8 Å². The summed E-state index contributed by atoms with van der Waals surface area (Å²) in [6.07, 6.45) is 3.84. The van der Waals surface area contributed by atoms with E-state index >= 15 is 0 Å². The molecule has 1 fully saturated rings. The van der Waals surface area contributed by atoms with Crippen LogP contribution < -0.4 is 11.1 Å². The van der Waals surface area contributed by atoms with Crippen molar-refractivity contribution in [1.29, 1.82) is 0 Å². The molecule has 1 aliphatic heterocycles. The maximum atomic E-state index is 11.7. The number of carbonyl (C=O) groups is 1.